The summed E-state index contributed by atoms with van der Waals surface area (Å²) in [6.45, 7) is -0.429. The SMILES string of the molecule is C#CCN(CC(=O)O)C(=O)CC(CNC(=O)OCC1c2ccccc2-c2ccccc21)OC. The monoisotopic (exact) mass is 450 g/mol. The van der Waals surface area contributed by atoms with Crippen LogP contribution in [0.15, 0.2) is 48.5 Å². The van der Waals surface area contributed by atoms with Crippen molar-refractivity contribution in [2.45, 2.75) is 18.4 Å². The molecule has 0 fully saturated rings. The summed E-state index contributed by atoms with van der Waals surface area (Å²) in [6, 6.07) is 16.1. The third-order valence-corrected chi connectivity index (χ3v) is 5.51. The minimum Gasteiger partial charge on any atom is -0.480 e. The van der Waals surface area contributed by atoms with Crippen LogP contribution in [-0.4, -0.2) is 67.4 Å². The van der Waals surface area contributed by atoms with Gasteiger partial charge in [-0.15, -0.1) is 6.42 Å². The molecule has 0 aliphatic heterocycles. The van der Waals surface area contributed by atoms with E-state index in [1.807, 2.05) is 36.4 Å². The van der Waals surface area contributed by atoms with Crippen LogP contribution in [0.5, 0.6) is 0 Å². The summed E-state index contributed by atoms with van der Waals surface area (Å²) in [5.41, 5.74) is 4.49. The van der Waals surface area contributed by atoms with Crippen molar-refractivity contribution in [1.29, 1.82) is 0 Å². The first kappa shape index (κ1) is 23.8. The van der Waals surface area contributed by atoms with Crippen LogP contribution in [0.4, 0.5) is 4.79 Å². The molecule has 1 aliphatic carbocycles. The number of carbonyl (C=O) groups is 3. The van der Waals surface area contributed by atoms with Crippen molar-refractivity contribution >= 4 is 18.0 Å². The number of nitrogens with zero attached hydrogens (tertiary/aromatic N) is 1. The summed E-state index contributed by atoms with van der Waals surface area (Å²) in [4.78, 5) is 36.7. The molecule has 2 aromatic carbocycles. The van der Waals surface area contributed by atoms with Gasteiger partial charge in [0.05, 0.1) is 19.1 Å². The molecule has 0 saturated heterocycles. The van der Waals surface area contributed by atoms with Crippen molar-refractivity contribution in [3.63, 3.8) is 0 Å². The van der Waals surface area contributed by atoms with E-state index < -0.39 is 30.6 Å². The minimum atomic E-state index is -1.16. The lowest BCUT2D eigenvalue weighted by Crippen LogP contribution is -2.41. The molecule has 33 heavy (non-hydrogen) atoms. The highest BCUT2D eigenvalue weighted by Gasteiger charge is 2.29. The highest BCUT2D eigenvalue weighted by atomic mass is 16.5. The molecule has 3 rings (SSSR count). The highest BCUT2D eigenvalue weighted by molar-refractivity contribution is 5.82. The van der Waals surface area contributed by atoms with Gasteiger partial charge in [-0.3, -0.25) is 9.59 Å². The zero-order chi connectivity index (χ0) is 23.8. The lowest BCUT2D eigenvalue weighted by atomic mass is 9.98. The Morgan fingerprint density at radius 2 is 1.73 bits per heavy atom. The first-order valence-corrected chi connectivity index (χ1v) is 10.5. The molecule has 172 valence electrons. The Morgan fingerprint density at radius 3 is 2.27 bits per heavy atom. The predicted molar refractivity (Wildman–Crippen MR) is 122 cm³/mol. The second-order valence-corrected chi connectivity index (χ2v) is 7.62. The molecule has 0 spiro atoms. The molecule has 2 aromatic rings. The van der Waals surface area contributed by atoms with Gasteiger partial charge in [0.25, 0.3) is 0 Å². The third kappa shape index (κ3) is 5.90. The second-order valence-electron chi connectivity index (χ2n) is 7.62. The fraction of sp³-hybridized carbons (Fsp3) is 0.320. The van der Waals surface area contributed by atoms with Crippen molar-refractivity contribution in [1.82, 2.24) is 10.2 Å². The normalized spacial score (nSPS) is 12.7. The number of aliphatic carboxylic acids is 1. The number of rotatable bonds is 10. The summed E-state index contributed by atoms with van der Waals surface area (Å²) in [6.07, 6.45) is 3.79. The number of carboxylic acid groups (broad SMARTS) is 1. The molecule has 1 atom stereocenters. The Hall–Kier alpha value is -3.83. The number of ether oxygens (including phenoxy) is 2. The summed E-state index contributed by atoms with van der Waals surface area (Å²) in [7, 11) is 1.40. The average Bonchev–Trinajstić information content (AvgIpc) is 3.13. The maximum absolute atomic E-state index is 12.4. The van der Waals surface area contributed by atoms with Crippen molar-refractivity contribution in [2.24, 2.45) is 0 Å². The lowest BCUT2D eigenvalue weighted by molar-refractivity contribution is -0.145. The van der Waals surface area contributed by atoms with E-state index >= 15 is 0 Å². The molecule has 0 radical (unpaired) electrons. The number of nitrogens with one attached hydrogen (secondary N) is 1. The molecule has 1 aliphatic rings. The van der Waals surface area contributed by atoms with E-state index in [0.717, 1.165) is 27.2 Å². The van der Waals surface area contributed by atoms with E-state index in [-0.39, 0.29) is 32.0 Å². The minimum absolute atomic E-state index is 0.0237. The van der Waals surface area contributed by atoms with Crippen molar-refractivity contribution < 1.29 is 29.0 Å². The van der Waals surface area contributed by atoms with Gasteiger partial charge in [0, 0.05) is 19.6 Å². The van der Waals surface area contributed by atoms with Crippen LogP contribution in [0.3, 0.4) is 0 Å². The zero-order valence-corrected chi connectivity index (χ0v) is 18.3. The van der Waals surface area contributed by atoms with Crippen LogP contribution in [0.2, 0.25) is 0 Å². The van der Waals surface area contributed by atoms with Crippen LogP contribution < -0.4 is 5.32 Å². The molecule has 8 heteroatoms. The van der Waals surface area contributed by atoms with E-state index in [2.05, 4.69) is 23.4 Å². The van der Waals surface area contributed by atoms with E-state index in [1.54, 1.807) is 0 Å². The van der Waals surface area contributed by atoms with Crippen LogP contribution in [0.25, 0.3) is 11.1 Å². The van der Waals surface area contributed by atoms with E-state index in [0.29, 0.717) is 0 Å². The fourth-order valence-electron chi connectivity index (χ4n) is 3.92. The van der Waals surface area contributed by atoms with Crippen molar-refractivity contribution in [2.75, 3.05) is 33.4 Å². The van der Waals surface area contributed by atoms with E-state index in [1.165, 1.54) is 7.11 Å². The maximum Gasteiger partial charge on any atom is 0.407 e. The molecule has 0 heterocycles. The quantitative estimate of drug-likeness (QED) is 0.539. The second kappa shape index (κ2) is 11.2. The van der Waals surface area contributed by atoms with Gasteiger partial charge in [0.15, 0.2) is 0 Å². The van der Waals surface area contributed by atoms with Gasteiger partial charge in [-0.1, -0.05) is 54.5 Å². The molecule has 0 saturated carbocycles. The number of hydrogen-bond acceptors (Lipinski definition) is 5. The van der Waals surface area contributed by atoms with Crippen LogP contribution >= 0.6 is 0 Å². The fourth-order valence-corrected chi connectivity index (χ4v) is 3.92. The van der Waals surface area contributed by atoms with Gasteiger partial charge in [-0.05, 0) is 22.3 Å². The number of carbonyl (C=O) groups excluding carboxylic acids is 2. The molecule has 8 nitrogen and oxygen atoms in total. The topological polar surface area (TPSA) is 105 Å². The Balaban J connectivity index is 1.53. The first-order valence-electron chi connectivity index (χ1n) is 10.5. The number of alkyl carbamates (subject to hydrolysis) is 1. The maximum atomic E-state index is 12.4. The van der Waals surface area contributed by atoms with Gasteiger partial charge in [-0.2, -0.15) is 0 Å². The summed E-state index contributed by atoms with van der Waals surface area (Å²) in [5.74, 6) is 0.567. The summed E-state index contributed by atoms with van der Waals surface area (Å²) in [5, 5.41) is 11.5. The third-order valence-electron chi connectivity index (χ3n) is 5.51. The summed E-state index contributed by atoms with van der Waals surface area (Å²) < 4.78 is 10.7. The summed E-state index contributed by atoms with van der Waals surface area (Å²) >= 11 is 0. The Bertz CT molecular complexity index is 1020. The largest absolute Gasteiger partial charge is 0.480 e. The van der Waals surface area contributed by atoms with E-state index in [4.69, 9.17) is 21.0 Å². The number of benzene rings is 2. The van der Waals surface area contributed by atoms with E-state index in [9.17, 15) is 14.4 Å². The number of terminal acetylenes is 1. The molecule has 0 aromatic heterocycles. The average molecular weight is 450 g/mol. The number of methoxy groups -OCH3 is 1. The van der Waals surface area contributed by atoms with Gasteiger partial charge in [0.2, 0.25) is 5.91 Å². The van der Waals surface area contributed by atoms with Gasteiger partial charge < -0.3 is 24.8 Å². The molecule has 2 N–H and O–H groups in total. The van der Waals surface area contributed by atoms with Gasteiger partial charge >= 0.3 is 12.1 Å². The van der Waals surface area contributed by atoms with Gasteiger partial charge in [-0.25, -0.2) is 4.79 Å². The molecular formula is C25H26N2O6. The number of amides is 2. The first-order chi connectivity index (χ1) is 15.9. The number of hydrogen-bond donors (Lipinski definition) is 2. The zero-order valence-electron chi connectivity index (χ0n) is 18.3. The number of fused-ring (bicyclic) bond motifs is 3. The van der Waals surface area contributed by atoms with Crippen molar-refractivity contribution in [3.05, 3.63) is 59.7 Å². The van der Waals surface area contributed by atoms with Crippen LogP contribution in [0.1, 0.15) is 23.5 Å². The Kier molecular flexibility index (Phi) is 8.06. The Labute approximate surface area is 192 Å². The van der Waals surface area contributed by atoms with Crippen LogP contribution in [0, 0.1) is 12.3 Å². The van der Waals surface area contributed by atoms with Crippen LogP contribution in [-0.2, 0) is 19.1 Å². The predicted octanol–water partition coefficient (Wildman–Crippen LogP) is 2.48. The number of carboxylic acids is 1. The Morgan fingerprint density at radius 1 is 1.12 bits per heavy atom. The van der Waals surface area contributed by atoms with Gasteiger partial charge in [0.1, 0.15) is 13.2 Å². The molecule has 0 bridgehead atoms. The lowest BCUT2D eigenvalue weighted by Gasteiger charge is -2.22. The molecular weight excluding hydrogens is 424 g/mol. The highest BCUT2D eigenvalue weighted by Crippen LogP contribution is 2.44. The molecule has 2 amide bonds. The standard InChI is InChI=1S/C25H26N2O6/c1-3-12-27(15-24(29)30)23(28)13-17(32-2)14-26-25(31)33-16-22-20-10-6-4-8-18(20)19-9-5-7-11-21(19)22/h1,4-11,17,22H,12-16H2,2H3,(H,26,31)(H,29,30). The molecule has 1 unspecified atom stereocenters. The van der Waals surface area contributed by atoms with Crippen molar-refractivity contribution in [3.8, 4) is 23.5 Å². The smallest absolute Gasteiger partial charge is 0.407 e.